The van der Waals surface area contributed by atoms with Crippen LogP contribution >= 0.6 is 0 Å². The van der Waals surface area contributed by atoms with Gasteiger partial charge in [-0.25, -0.2) is 9.37 Å². The second-order valence-corrected chi connectivity index (χ2v) is 4.36. The monoisotopic (exact) mass is 277 g/mol. The molecule has 106 valence electrons. The lowest BCUT2D eigenvalue weighted by molar-refractivity contribution is -0.140. The first-order chi connectivity index (χ1) is 9.61. The SMILES string of the molecule is COC(=O)CCCNc1nccc2c(N)cc(F)cc12. The highest BCUT2D eigenvalue weighted by Crippen LogP contribution is 2.27. The number of benzene rings is 1. The molecular weight excluding hydrogens is 261 g/mol. The van der Waals surface area contributed by atoms with Gasteiger partial charge in [-0.3, -0.25) is 4.79 Å². The summed E-state index contributed by atoms with van der Waals surface area (Å²) in [6.45, 7) is 0.539. The number of halogens is 1. The Morgan fingerprint density at radius 2 is 2.25 bits per heavy atom. The predicted octanol–water partition coefficient (Wildman–Crippen LogP) is 2.32. The molecule has 0 fully saturated rings. The highest BCUT2D eigenvalue weighted by atomic mass is 19.1. The second kappa shape index (κ2) is 6.18. The lowest BCUT2D eigenvalue weighted by atomic mass is 10.1. The number of anilines is 2. The van der Waals surface area contributed by atoms with Gasteiger partial charge in [0.15, 0.2) is 0 Å². The third kappa shape index (κ3) is 3.14. The zero-order chi connectivity index (χ0) is 14.5. The third-order valence-electron chi connectivity index (χ3n) is 2.95. The Morgan fingerprint density at radius 1 is 1.45 bits per heavy atom. The molecule has 0 atom stereocenters. The summed E-state index contributed by atoms with van der Waals surface area (Å²) >= 11 is 0. The summed E-state index contributed by atoms with van der Waals surface area (Å²) in [5.41, 5.74) is 6.16. The summed E-state index contributed by atoms with van der Waals surface area (Å²) in [5.74, 6) is -0.104. The van der Waals surface area contributed by atoms with Crippen molar-refractivity contribution in [2.75, 3.05) is 24.7 Å². The van der Waals surface area contributed by atoms with Crippen molar-refractivity contribution in [1.82, 2.24) is 4.98 Å². The molecule has 0 spiro atoms. The van der Waals surface area contributed by atoms with Crippen LogP contribution in [0.2, 0.25) is 0 Å². The molecule has 0 bridgehead atoms. The van der Waals surface area contributed by atoms with E-state index in [1.807, 2.05) is 0 Å². The Morgan fingerprint density at radius 3 is 3.00 bits per heavy atom. The molecule has 0 aliphatic rings. The van der Waals surface area contributed by atoms with E-state index in [4.69, 9.17) is 5.73 Å². The van der Waals surface area contributed by atoms with Crippen molar-refractivity contribution in [2.24, 2.45) is 0 Å². The van der Waals surface area contributed by atoms with Crippen molar-refractivity contribution < 1.29 is 13.9 Å². The van der Waals surface area contributed by atoms with Gasteiger partial charge < -0.3 is 15.8 Å². The van der Waals surface area contributed by atoms with Crippen molar-refractivity contribution in [3.8, 4) is 0 Å². The van der Waals surface area contributed by atoms with Crippen LogP contribution in [0.1, 0.15) is 12.8 Å². The zero-order valence-corrected chi connectivity index (χ0v) is 11.1. The Labute approximate surface area is 115 Å². The summed E-state index contributed by atoms with van der Waals surface area (Å²) in [6, 6.07) is 4.41. The molecule has 0 amide bonds. The van der Waals surface area contributed by atoms with Crippen LogP contribution in [0.3, 0.4) is 0 Å². The standard InChI is InChI=1S/C14H16FN3O2/c1-20-13(19)3-2-5-17-14-11-7-9(15)8-12(16)10(11)4-6-18-14/h4,6-8H,2-3,5,16H2,1H3,(H,17,18). The summed E-state index contributed by atoms with van der Waals surface area (Å²) in [7, 11) is 1.35. The van der Waals surface area contributed by atoms with E-state index < -0.39 is 5.82 Å². The molecule has 0 aliphatic heterocycles. The Kier molecular flexibility index (Phi) is 4.34. The van der Waals surface area contributed by atoms with E-state index in [-0.39, 0.29) is 5.97 Å². The number of nitrogens with one attached hydrogen (secondary N) is 1. The van der Waals surface area contributed by atoms with Gasteiger partial charge in [0.2, 0.25) is 0 Å². The molecule has 3 N–H and O–H groups in total. The van der Waals surface area contributed by atoms with Gasteiger partial charge in [0.25, 0.3) is 0 Å². The fourth-order valence-electron chi connectivity index (χ4n) is 1.96. The number of fused-ring (bicyclic) bond motifs is 1. The number of aromatic nitrogens is 1. The molecule has 0 radical (unpaired) electrons. The number of hydrogen-bond donors (Lipinski definition) is 2. The smallest absolute Gasteiger partial charge is 0.305 e. The Balaban J connectivity index is 2.12. The van der Waals surface area contributed by atoms with Gasteiger partial charge in [-0.2, -0.15) is 0 Å². The summed E-state index contributed by atoms with van der Waals surface area (Å²) in [4.78, 5) is 15.2. The molecule has 1 aromatic carbocycles. The number of hydrogen-bond acceptors (Lipinski definition) is 5. The molecule has 2 aromatic rings. The molecule has 6 heteroatoms. The van der Waals surface area contributed by atoms with Crippen molar-refractivity contribution in [3.63, 3.8) is 0 Å². The molecule has 0 saturated carbocycles. The molecular formula is C14H16FN3O2. The van der Waals surface area contributed by atoms with E-state index in [2.05, 4.69) is 15.0 Å². The van der Waals surface area contributed by atoms with Crippen LogP contribution in [-0.2, 0) is 9.53 Å². The van der Waals surface area contributed by atoms with Crippen LogP contribution in [0, 0.1) is 5.82 Å². The van der Waals surface area contributed by atoms with E-state index in [0.717, 1.165) is 5.39 Å². The van der Waals surface area contributed by atoms with Crippen LogP contribution in [0.4, 0.5) is 15.9 Å². The number of nitrogens with two attached hydrogens (primary N) is 1. The number of rotatable bonds is 5. The van der Waals surface area contributed by atoms with Crippen LogP contribution in [0.25, 0.3) is 10.8 Å². The van der Waals surface area contributed by atoms with Crippen LogP contribution in [-0.4, -0.2) is 24.6 Å². The van der Waals surface area contributed by atoms with Gasteiger partial charge >= 0.3 is 5.97 Å². The summed E-state index contributed by atoms with van der Waals surface area (Å²) < 4.78 is 18.0. The van der Waals surface area contributed by atoms with Crippen molar-refractivity contribution in [3.05, 3.63) is 30.2 Å². The first-order valence-electron chi connectivity index (χ1n) is 6.26. The highest BCUT2D eigenvalue weighted by molar-refractivity contribution is 5.99. The molecule has 5 nitrogen and oxygen atoms in total. The minimum absolute atomic E-state index is 0.257. The van der Waals surface area contributed by atoms with Crippen LogP contribution in [0.5, 0.6) is 0 Å². The fourth-order valence-corrected chi connectivity index (χ4v) is 1.96. The van der Waals surface area contributed by atoms with E-state index in [9.17, 15) is 9.18 Å². The van der Waals surface area contributed by atoms with E-state index in [1.54, 1.807) is 12.3 Å². The summed E-state index contributed by atoms with van der Waals surface area (Å²) in [6.07, 6.45) is 2.54. The number of nitrogens with zero attached hydrogens (tertiary/aromatic N) is 1. The number of carbonyl (C=O) groups is 1. The molecule has 1 aromatic heterocycles. The maximum atomic E-state index is 13.4. The summed E-state index contributed by atoms with van der Waals surface area (Å²) in [5, 5.41) is 4.46. The number of esters is 1. The second-order valence-electron chi connectivity index (χ2n) is 4.36. The quantitative estimate of drug-likeness (QED) is 0.498. The first-order valence-corrected chi connectivity index (χ1v) is 6.26. The van der Waals surface area contributed by atoms with E-state index in [1.165, 1.54) is 19.2 Å². The molecule has 0 unspecified atom stereocenters. The third-order valence-corrected chi connectivity index (χ3v) is 2.95. The normalized spacial score (nSPS) is 10.5. The van der Waals surface area contributed by atoms with Gasteiger partial charge in [-0.05, 0) is 24.6 Å². The molecule has 20 heavy (non-hydrogen) atoms. The predicted molar refractivity (Wildman–Crippen MR) is 75.9 cm³/mol. The number of methoxy groups -OCH3 is 1. The number of ether oxygens (including phenoxy) is 1. The van der Waals surface area contributed by atoms with Crippen molar-refractivity contribution >= 4 is 28.2 Å². The minimum atomic E-state index is -0.402. The van der Waals surface area contributed by atoms with Gasteiger partial charge in [-0.15, -0.1) is 0 Å². The minimum Gasteiger partial charge on any atom is -0.469 e. The average molecular weight is 277 g/mol. The first kappa shape index (κ1) is 14.0. The van der Waals surface area contributed by atoms with Crippen LogP contribution < -0.4 is 11.1 Å². The highest BCUT2D eigenvalue weighted by Gasteiger charge is 2.07. The topological polar surface area (TPSA) is 77.2 Å². The van der Waals surface area contributed by atoms with Crippen molar-refractivity contribution in [2.45, 2.75) is 12.8 Å². The number of pyridine rings is 1. The Bertz CT molecular complexity index is 631. The van der Waals surface area contributed by atoms with E-state index >= 15 is 0 Å². The van der Waals surface area contributed by atoms with Gasteiger partial charge in [-0.1, -0.05) is 0 Å². The lowest BCUT2D eigenvalue weighted by Crippen LogP contribution is -2.08. The Hall–Kier alpha value is -2.37. The van der Waals surface area contributed by atoms with Gasteiger partial charge in [0, 0.05) is 35.6 Å². The maximum Gasteiger partial charge on any atom is 0.305 e. The van der Waals surface area contributed by atoms with E-state index in [0.29, 0.717) is 36.3 Å². The van der Waals surface area contributed by atoms with Gasteiger partial charge in [0.1, 0.15) is 11.6 Å². The fraction of sp³-hybridized carbons (Fsp3) is 0.286. The molecule has 2 rings (SSSR count). The lowest BCUT2D eigenvalue weighted by Gasteiger charge is -2.10. The number of carbonyl (C=O) groups excluding carboxylic acids is 1. The maximum absolute atomic E-state index is 13.4. The molecule has 0 saturated heterocycles. The average Bonchev–Trinajstić information content (AvgIpc) is 2.43. The molecule has 1 heterocycles. The number of nitrogen functional groups attached to an aromatic ring is 1. The van der Waals surface area contributed by atoms with Gasteiger partial charge in [0.05, 0.1) is 7.11 Å². The largest absolute Gasteiger partial charge is 0.469 e. The van der Waals surface area contributed by atoms with Crippen LogP contribution in [0.15, 0.2) is 24.4 Å². The zero-order valence-electron chi connectivity index (χ0n) is 11.1. The molecule has 0 aliphatic carbocycles. The van der Waals surface area contributed by atoms with Crippen molar-refractivity contribution in [1.29, 1.82) is 0 Å².